The summed E-state index contributed by atoms with van der Waals surface area (Å²) in [4.78, 5) is 22.5. The Morgan fingerprint density at radius 2 is 1.72 bits per heavy atom. The van der Waals surface area contributed by atoms with Gasteiger partial charge in [-0.3, -0.25) is 14.7 Å². The van der Waals surface area contributed by atoms with Crippen LogP contribution in [0.25, 0.3) is 0 Å². The fourth-order valence-corrected chi connectivity index (χ4v) is 4.47. The van der Waals surface area contributed by atoms with Gasteiger partial charge < -0.3 is 9.64 Å². The molecule has 1 unspecified atom stereocenters. The molecule has 0 spiro atoms. The molecule has 154 valence electrons. The summed E-state index contributed by atoms with van der Waals surface area (Å²) in [6, 6.07) is 16.1. The molecule has 29 heavy (non-hydrogen) atoms. The summed E-state index contributed by atoms with van der Waals surface area (Å²) < 4.78 is 5.45. The molecular formula is C24H31N3O2. The van der Waals surface area contributed by atoms with E-state index in [0.29, 0.717) is 12.3 Å². The largest absolute Gasteiger partial charge is 0.379 e. The highest BCUT2D eigenvalue weighted by molar-refractivity contribution is 5.84. The van der Waals surface area contributed by atoms with E-state index in [4.69, 9.17) is 4.74 Å². The second-order valence-electron chi connectivity index (χ2n) is 8.17. The molecule has 2 fully saturated rings. The standard InChI is InChI=1S/C24H31N3O2/c28-24(27-12-9-20(10-13-27)19-26-14-16-29-17-15-26)23(21-6-2-1-3-7-21)18-22-8-4-5-11-25-22/h1-8,11,20,23H,9-10,12-19H2. The lowest BCUT2D eigenvalue weighted by molar-refractivity contribution is -0.134. The van der Waals surface area contributed by atoms with Crippen LogP contribution in [0.3, 0.4) is 0 Å². The van der Waals surface area contributed by atoms with E-state index in [1.54, 1.807) is 6.20 Å². The molecule has 5 heteroatoms. The number of piperidine rings is 1. The Kier molecular flexibility index (Phi) is 6.91. The molecule has 4 rings (SSSR count). The van der Waals surface area contributed by atoms with E-state index in [-0.39, 0.29) is 11.8 Å². The monoisotopic (exact) mass is 393 g/mol. The molecule has 2 aliphatic heterocycles. The van der Waals surface area contributed by atoms with E-state index in [2.05, 4.69) is 26.9 Å². The topological polar surface area (TPSA) is 45.7 Å². The number of carbonyl (C=O) groups excluding carboxylic acids is 1. The van der Waals surface area contributed by atoms with Crippen LogP contribution in [-0.4, -0.2) is 66.6 Å². The van der Waals surface area contributed by atoms with E-state index in [1.165, 1.54) is 0 Å². The summed E-state index contributed by atoms with van der Waals surface area (Å²) in [5, 5.41) is 0. The average Bonchev–Trinajstić information content (AvgIpc) is 2.79. The van der Waals surface area contributed by atoms with Gasteiger partial charge in [-0.2, -0.15) is 0 Å². The van der Waals surface area contributed by atoms with Crippen LogP contribution in [0, 0.1) is 5.92 Å². The minimum atomic E-state index is -0.165. The Hall–Kier alpha value is -2.24. The van der Waals surface area contributed by atoms with Gasteiger partial charge in [0.05, 0.1) is 19.1 Å². The molecule has 1 aromatic heterocycles. The SMILES string of the molecule is O=C(C(Cc1ccccn1)c1ccccc1)N1CCC(CN2CCOCC2)CC1. The highest BCUT2D eigenvalue weighted by Gasteiger charge is 2.30. The summed E-state index contributed by atoms with van der Waals surface area (Å²) in [6.07, 6.45) is 4.64. The summed E-state index contributed by atoms with van der Waals surface area (Å²) in [6.45, 7) is 6.64. The number of hydrogen-bond acceptors (Lipinski definition) is 4. The van der Waals surface area contributed by atoms with Crippen LogP contribution in [0.1, 0.15) is 30.0 Å². The van der Waals surface area contributed by atoms with E-state index in [9.17, 15) is 4.79 Å². The van der Waals surface area contributed by atoms with Crippen molar-refractivity contribution in [2.45, 2.75) is 25.2 Å². The van der Waals surface area contributed by atoms with Gasteiger partial charge in [-0.05, 0) is 36.5 Å². The van der Waals surface area contributed by atoms with Gasteiger partial charge in [0.15, 0.2) is 0 Å². The Bertz CT molecular complexity index is 754. The highest BCUT2D eigenvalue weighted by Crippen LogP contribution is 2.26. The van der Waals surface area contributed by atoms with Crippen molar-refractivity contribution < 1.29 is 9.53 Å². The highest BCUT2D eigenvalue weighted by atomic mass is 16.5. The van der Waals surface area contributed by atoms with E-state index in [0.717, 1.165) is 70.0 Å². The minimum absolute atomic E-state index is 0.165. The van der Waals surface area contributed by atoms with E-state index >= 15 is 0 Å². The van der Waals surface area contributed by atoms with Gasteiger partial charge in [0.2, 0.25) is 5.91 Å². The molecule has 3 heterocycles. The summed E-state index contributed by atoms with van der Waals surface area (Å²) in [7, 11) is 0. The van der Waals surface area contributed by atoms with Crippen molar-refractivity contribution in [2.75, 3.05) is 45.9 Å². The number of aromatic nitrogens is 1. The lowest BCUT2D eigenvalue weighted by Gasteiger charge is -2.37. The van der Waals surface area contributed by atoms with Crippen molar-refractivity contribution in [1.29, 1.82) is 0 Å². The number of ether oxygens (including phenoxy) is 1. The smallest absolute Gasteiger partial charge is 0.230 e. The predicted octanol–water partition coefficient (Wildman–Crippen LogP) is 2.98. The Morgan fingerprint density at radius 3 is 2.41 bits per heavy atom. The second kappa shape index (κ2) is 9.99. The minimum Gasteiger partial charge on any atom is -0.379 e. The summed E-state index contributed by atoms with van der Waals surface area (Å²) in [5.74, 6) is 0.761. The first kappa shape index (κ1) is 20.0. The molecular weight excluding hydrogens is 362 g/mol. The molecule has 0 saturated carbocycles. The van der Waals surface area contributed by atoms with Crippen LogP contribution >= 0.6 is 0 Å². The number of likely N-dealkylation sites (tertiary alicyclic amines) is 1. The number of amides is 1. The first-order chi connectivity index (χ1) is 14.3. The number of hydrogen-bond donors (Lipinski definition) is 0. The number of rotatable bonds is 6. The van der Waals surface area contributed by atoms with Crippen molar-refractivity contribution in [3.63, 3.8) is 0 Å². The van der Waals surface area contributed by atoms with Gasteiger partial charge in [-0.25, -0.2) is 0 Å². The molecule has 2 aromatic rings. The number of carbonyl (C=O) groups is 1. The second-order valence-corrected chi connectivity index (χ2v) is 8.17. The number of nitrogens with zero attached hydrogens (tertiary/aromatic N) is 3. The lowest BCUT2D eigenvalue weighted by Crippen LogP contribution is -2.45. The molecule has 1 atom stereocenters. The zero-order chi connectivity index (χ0) is 19.9. The van der Waals surface area contributed by atoms with Crippen LogP contribution in [0.2, 0.25) is 0 Å². The van der Waals surface area contributed by atoms with Gasteiger partial charge in [0.1, 0.15) is 0 Å². The quantitative estimate of drug-likeness (QED) is 0.757. The molecule has 2 aliphatic rings. The van der Waals surface area contributed by atoms with Crippen LogP contribution < -0.4 is 0 Å². The van der Waals surface area contributed by atoms with Crippen molar-refractivity contribution >= 4 is 5.91 Å². The molecule has 0 aliphatic carbocycles. The van der Waals surface area contributed by atoms with Crippen molar-refractivity contribution in [2.24, 2.45) is 5.92 Å². The van der Waals surface area contributed by atoms with Gasteiger partial charge in [-0.1, -0.05) is 36.4 Å². The molecule has 0 radical (unpaired) electrons. The van der Waals surface area contributed by atoms with Crippen molar-refractivity contribution in [1.82, 2.24) is 14.8 Å². The maximum atomic E-state index is 13.5. The summed E-state index contributed by atoms with van der Waals surface area (Å²) >= 11 is 0. The predicted molar refractivity (Wildman–Crippen MR) is 114 cm³/mol. The lowest BCUT2D eigenvalue weighted by atomic mass is 9.90. The maximum Gasteiger partial charge on any atom is 0.230 e. The molecule has 0 bridgehead atoms. The first-order valence-electron chi connectivity index (χ1n) is 10.8. The number of pyridine rings is 1. The first-order valence-corrected chi connectivity index (χ1v) is 10.8. The van der Waals surface area contributed by atoms with Gasteiger partial charge in [-0.15, -0.1) is 0 Å². The molecule has 1 aromatic carbocycles. The van der Waals surface area contributed by atoms with Crippen LogP contribution in [0.5, 0.6) is 0 Å². The van der Waals surface area contributed by atoms with E-state index in [1.807, 2.05) is 36.4 Å². The van der Waals surface area contributed by atoms with Crippen LogP contribution in [0.15, 0.2) is 54.7 Å². The van der Waals surface area contributed by atoms with Gasteiger partial charge in [0.25, 0.3) is 0 Å². The number of morpholine rings is 1. The molecule has 2 saturated heterocycles. The van der Waals surface area contributed by atoms with E-state index < -0.39 is 0 Å². The zero-order valence-corrected chi connectivity index (χ0v) is 17.1. The fraction of sp³-hybridized carbons (Fsp3) is 0.500. The van der Waals surface area contributed by atoms with Gasteiger partial charge >= 0.3 is 0 Å². The Morgan fingerprint density at radius 1 is 1.00 bits per heavy atom. The molecule has 5 nitrogen and oxygen atoms in total. The van der Waals surface area contributed by atoms with Crippen molar-refractivity contribution in [3.05, 3.63) is 66.0 Å². The fourth-order valence-electron chi connectivity index (χ4n) is 4.47. The molecule has 0 N–H and O–H groups in total. The zero-order valence-electron chi connectivity index (χ0n) is 17.1. The molecule has 1 amide bonds. The third-order valence-electron chi connectivity index (χ3n) is 6.19. The average molecular weight is 394 g/mol. The summed E-state index contributed by atoms with van der Waals surface area (Å²) in [5.41, 5.74) is 2.05. The third-order valence-corrected chi connectivity index (χ3v) is 6.19. The van der Waals surface area contributed by atoms with Crippen LogP contribution in [-0.2, 0) is 16.0 Å². The van der Waals surface area contributed by atoms with Crippen LogP contribution in [0.4, 0.5) is 0 Å². The number of benzene rings is 1. The Labute approximate surface area is 173 Å². The van der Waals surface area contributed by atoms with Gasteiger partial charge in [0, 0.05) is 51.0 Å². The normalized spacial score (nSPS) is 19.8. The van der Waals surface area contributed by atoms with Crippen molar-refractivity contribution in [3.8, 4) is 0 Å². The maximum absolute atomic E-state index is 13.5. The third kappa shape index (κ3) is 5.43. The Balaban J connectivity index is 1.39.